The lowest BCUT2D eigenvalue weighted by molar-refractivity contribution is -0.115. The first-order chi connectivity index (χ1) is 13.5. The Kier molecular flexibility index (Phi) is 6.60. The fourth-order valence-corrected chi connectivity index (χ4v) is 3.53. The molecule has 2 amide bonds. The summed E-state index contributed by atoms with van der Waals surface area (Å²) in [7, 11) is 0. The SMILES string of the molecule is CCCCOc1ccc(C(=O)NCC(=O)Nc2nc3ccc(C)cc3s2)cc1. The first-order valence-electron chi connectivity index (χ1n) is 9.23. The van der Waals surface area contributed by atoms with Gasteiger partial charge in [0.05, 0.1) is 23.4 Å². The van der Waals surface area contributed by atoms with Crippen LogP contribution >= 0.6 is 11.3 Å². The van der Waals surface area contributed by atoms with Crippen molar-refractivity contribution >= 4 is 38.5 Å². The van der Waals surface area contributed by atoms with Gasteiger partial charge in [0.1, 0.15) is 5.75 Å². The molecule has 146 valence electrons. The van der Waals surface area contributed by atoms with E-state index in [-0.39, 0.29) is 18.4 Å². The largest absolute Gasteiger partial charge is 0.494 e. The van der Waals surface area contributed by atoms with Crippen LogP contribution in [0.2, 0.25) is 0 Å². The van der Waals surface area contributed by atoms with Gasteiger partial charge in [0.25, 0.3) is 5.91 Å². The van der Waals surface area contributed by atoms with Crippen molar-refractivity contribution in [3.8, 4) is 5.75 Å². The maximum Gasteiger partial charge on any atom is 0.251 e. The molecule has 0 atom stereocenters. The number of fused-ring (bicyclic) bond motifs is 1. The third-order valence-electron chi connectivity index (χ3n) is 4.08. The summed E-state index contributed by atoms with van der Waals surface area (Å²) in [6.45, 7) is 4.65. The minimum Gasteiger partial charge on any atom is -0.494 e. The molecule has 28 heavy (non-hydrogen) atoms. The first kappa shape index (κ1) is 19.8. The molecule has 7 heteroatoms. The first-order valence-corrected chi connectivity index (χ1v) is 10.0. The molecule has 3 rings (SSSR count). The standard InChI is InChI=1S/C21H23N3O3S/c1-3-4-11-27-16-8-6-15(7-9-16)20(26)22-13-19(25)24-21-23-17-10-5-14(2)12-18(17)28-21/h5-10,12H,3-4,11,13H2,1-2H3,(H,22,26)(H,23,24,25). The third-order valence-corrected chi connectivity index (χ3v) is 5.02. The molecular formula is C21H23N3O3S. The quantitative estimate of drug-likeness (QED) is 0.560. The minimum atomic E-state index is -0.316. The molecule has 2 aromatic carbocycles. The highest BCUT2D eigenvalue weighted by atomic mass is 32.1. The van der Waals surface area contributed by atoms with Crippen LogP contribution in [-0.4, -0.2) is 29.9 Å². The zero-order chi connectivity index (χ0) is 19.9. The van der Waals surface area contributed by atoms with E-state index in [9.17, 15) is 9.59 Å². The minimum absolute atomic E-state index is 0.122. The van der Waals surface area contributed by atoms with Crippen molar-refractivity contribution in [3.63, 3.8) is 0 Å². The zero-order valence-corrected chi connectivity index (χ0v) is 16.8. The Balaban J connectivity index is 1.49. The van der Waals surface area contributed by atoms with Gasteiger partial charge in [-0.3, -0.25) is 9.59 Å². The smallest absolute Gasteiger partial charge is 0.251 e. The third kappa shape index (κ3) is 5.29. The maximum absolute atomic E-state index is 12.2. The number of carbonyl (C=O) groups is 2. The molecule has 0 saturated heterocycles. The van der Waals surface area contributed by atoms with E-state index in [0.29, 0.717) is 17.3 Å². The van der Waals surface area contributed by atoms with Crippen LogP contribution in [0.3, 0.4) is 0 Å². The number of hydrogen-bond acceptors (Lipinski definition) is 5. The molecule has 0 saturated carbocycles. The van der Waals surface area contributed by atoms with Gasteiger partial charge >= 0.3 is 0 Å². The van der Waals surface area contributed by atoms with Crippen molar-refractivity contribution < 1.29 is 14.3 Å². The maximum atomic E-state index is 12.2. The van der Waals surface area contributed by atoms with Crippen molar-refractivity contribution in [2.45, 2.75) is 26.7 Å². The summed E-state index contributed by atoms with van der Waals surface area (Å²) in [5.74, 6) is 0.104. The monoisotopic (exact) mass is 397 g/mol. The average Bonchev–Trinajstić information content (AvgIpc) is 3.08. The normalized spacial score (nSPS) is 10.6. The fraction of sp³-hybridized carbons (Fsp3) is 0.286. The van der Waals surface area contributed by atoms with Gasteiger partial charge in [0.15, 0.2) is 5.13 Å². The van der Waals surface area contributed by atoms with Crippen molar-refractivity contribution in [1.82, 2.24) is 10.3 Å². The van der Waals surface area contributed by atoms with E-state index in [0.717, 1.165) is 34.4 Å². The number of rotatable bonds is 8. The number of amides is 2. The zero-order valence-electron chi connectivity index (χ0n) is 16.0. The molecule has 0 fully saturated rings. The van der Waals surface area contributed by atoms with Gasteiger partial charge in [-0.25, -0.2) is 4.98 Å². The molecule has 0 aliphatic carbocycles. The average molecular weight is 398 g/mol. The van der Waals surface area contributed by atoms with Crippen molar-refractivity contribution in [1.29, 1.82) is 0 Å². The summed E-state index contributed by atoms with van der Waals surface area (Å²) in [4.78, 5) is 28.7. The van der Waals surface area contributed by atoms with Gasteiger partial charge in [0.2, 0.25) is 5.91 Å². The van der Waals surface area contributed by atoms with E-state index in [2.05, 4.69) is 22.5 Å². The Morgan fingerprint density at radius 1 is 1.14 bits per heavy atom. The number of benzene rings is 2. The van der Waals surface area contributed by atoms with Gasteiger partial charge in [-0.2, -0.15) is 0 Å². The molecule has 0 aliphatic heterocycles. The Bertz CT molecular complexity index is 967. The second-order valence-corrected chi connectivity index (χ2v) is 7.48. The number of carbonyl (C=O) groups excluding carboxylic acids is 2. The topological polar surface area (TPSA) is 80.3 Å². The molecule has 1 aromatic heterocycles. The molecule has 0 aliphatic rings. The Morgan fingerprint density at radius 3 is 2.68 bits per heavy atom. The molecule has 0 radical (unpaired) electrons. The molecule has 0 spiro atoms. The number of nitrogens with zero attached hydrogens (tertiary/aromatic N) is 1. The van der Waals surface area contributed by atoms with Crippen LogP contribution in [0, 0.1) is 6.92 Å². The fourth-order valence-electron chi connectivity index (χ4n) is 2.55. The summed E-state index contributed by atoms with van der Waals surface area (Å²) >= 11 is 1.41. The van der Waals surface area contributed by atoms with E-state index in [1.54, 1.807) is 24.3 Å². The highest BCUT2D eigenvalue weighted by Crippen LogP contribution is 2.26. The van der Waals surface area contributed by atoms with Crippen molar-refractivity contribution in [2.24, 2.45) is 0 Å². The summed E-state index contributed by atoms with van der Waals surface area (Å²) in [6.07, 6.45) is 2.06. The number of hydrogen-bond donors (Lipinski definition) is 2. The predicted molar refractivity (Wildman–Crippen MR) is 112 cm³/mol. The van der Waals surface area contributed by atoms with Crippen molar-refractivity contribution in [2.75, 3.05) is 18.5 Å². The van der Waals surface area contributed by atoms with Crippen LogP contribution in [0.15, 0.2) is 42.5 Å². The number of thiazole rings is 1. The van der Waals surface area contributed by atoms with Crippen molar-refractivity contribution in [3.05, 3.63) is 53.6 Å². The van der Waals surface area contributed by atoms with Gasteiger partial charge in [-0.1, -0.05) is 30.7 Å². The van der Waals surface area contributed by atoms with Gasteiger partial charge in [0, 0.05) is 5.56 Å². The lowest BCUT2D eigenvalue weighted by atomic mass is 10.2. The summed E-state index contributed by atoms with van der Waals surface area (Å²) in [5.41, 5.74) is 2.46. The number of aromatic nitrogens is 1. The van der Waals surface area contributed by atoms with Gasteiger partial charge in [-0.15, -0.1) is 0 Å². The van der Waals surface area contributed by atoms with Crippen LogP contribution in [0.4, 0.5) is 5.13 Å². The van der Waals surface area contributed by atoms with Crippen LogP contribution in [0.1, 0.15) is 35.7 Å². The predicted octanol–water partition coefficient (Wildman–Crippen LogP) is 4.15. The summed E-state index contributed by atoms with van der Waals surface area (Å²) < 4.78 is 6.59. The second kappa shape index (κ2) is 9.32. The highest BCUT2D eigenvalue weighted by Gasteiger charge is 2.11. The molecule has 1 heterocycles. The number of ether oxygens (including phenoxy) is 1. The summed E-state index contributed by atoms with van der Waals surface area (Å²) in [6, 6.07) is 12.8. The highest BCUT2D eigenvalue weighted by molar-refractivity contribution is 7.22. The molecule has 0 unspecified atom stereocenters. The molecular weight excluding hydrogens is 374 g/mol. The van der Waals surface area contributed by atoms with Gasteiger partial charge in [-0.05, 0) is 55.3 Å². The van der Waals surface area contributed by atoms with E-state index < -0.39 is 0 Å². The number of aryl methyl sites for hydroxylation is 1. The lowest BCUT2D eigenvalue weighted by Crippen LogP contribution is -2.32. The van der Waals surface area contributed by atoms with Crippen LogP contribution in [-0.2, 0) is 4.79 Å². The molecule has 6 nitrogen and oxygen atoms in total. The lowest BCUT2D eigenvalue weighted by Gasteiger charge is -2.07. The summed E-state index contributed by atoms with van der Waals surface area (Å²) in [5, 5.41) is 5.87. The van der Waals surface area contributed by atoms with Crippen LogP contribution < -0.4 is 15.4 Å². The Hall–Kier alpha value is -2.93. The molecule has 0 bridgehead atoms. The number of unbranched alkanes of at least 4 members (excludes halogenated alkanes) is 1. The van der Waals surface area contributed by atoms with E-state index in [1.807, 2.05) is 25.1 Å². The molecule has 2 N–H and O–H groups in total. The van der Waals surface area contributed by atoms with Crippen LogP contribution in [0.25, 0.3) is 10.2 Å². The Labute approximate surface area is 167 Å². The molecule has 3 aromatic rings. The number of nitrogens with one attached hydrogen (secondary N) is 2. The van der Waals surface area contributed by atoms with Crippen LogP contribution in [0.5, 0.6) is 5.75 Å². The van der Waals surface area contributed by atoms with E-state index in [4.69, 9.17) is 4.74 Å². The van der Waals surface area contributed by atoms with E-state index in [1.165, 1.54) is 11.3 Å². The van der Waals surface area contributed by atoms with E-state index >= 15 is 0 Å². The second-order valence-electron chi connectivity index (χ2n) is 6.45. The number of anilines is 1. The van der Waals surface area contributed by atoms with Gasteiger partial charge < -0.3 is 15.4 Å². The Morgan fingerprint density at radius 2 is 1.93 bits per heavy atom.